The fourth-order valence-corrected chi connectivity index (χ4v) is 4.43. The second-order valence-corrected chi connectivity index (χ2v) is 8.43. The Kier molecular flexibility index (Phi) is 6.40. The molecule has 1 aliphatic heterocycles. The molecule has 1 fully saturated rings. The summed E-state index contributed by atoms with van der Waals surface area (Å²) in [6.45, 7) is 3.78. The number of hydrogen-bond acceptors (Lipinski definition) is 3. The molecule has 0 radical (unpaired) electrons. The lowest BCUT2D eigenvalue weighted by Crippen LogP contribution is -2.24. The summed E-state index contributed by atoms with van der Waals surface area (Å²) >= 11 is 0. The molecule has 1 saturated heterocycles. The first-order valence-corrected chi connectivity index (χ1v) is 11.1. The van der Waals surface area contributed by atoms with Crippen LogP contribution < -0.4 is 10.6 Å². The van der Waals surface area contributed by atoms with E-state index in [9.17, 15) is 18.0 Å². The normalized spacial score (nSPS) is 14.7. The summed E-state index contributed by atoms with van der Waals surface area (Å²) < 4.78 is 39.2. The minimum Gasteiger partial charge on any atom is -0.366 e. The van der Waals surface area contributed by atoms with Crippen LogP contribution in [0.1, 0.15) is 47.2 Å². The first kappa shape index (κ1) is 22.8. The number of aryl methyl sites for hydroxylation is 1. The van der Waals surface area contributed by atoms with Crippen LogP contribution in [-0.2, 0) is 6.18 Å². The molecule has 1 amide bonds. The number of hydrogen-bond donors (Lipinski definition) is 1. The number of rotatable bonds is 4. The van der Waals surface area contributed by atoms with E-state index in [1.807, 2.05) is 19.1 Å². The van der Waals surface area contributed by atoms with Crippen molar-refractivity contribution in [1.82, 2.24) is 4.98 Å². The zero-order valence-corrected chi connectivity index (χ0v) is 18.5. The van der Waals surface area contributed by atoms with Gasteiger partial charge in [-0.3, -0.25) is 4.79 Å². The molecule has 0 saturated carbocycles. The predicted molar refractivity (Wildman–Crippen MR) is 124 cm³/mol. The Balaban J connectivity index is 1.80. The van der Waals surface area contributed by atoms with Gasteiger partial charge in [-0.05, 0) is 66.8 Å². The number of amides is 1. The fraction of sp³-hybridized carbons (Fsp3) is 0.308. The maximum atomic E-state index is 13.1. The van der Waals surface area contributed by atoms with Crippen molar-refractivity contribution in [3.63, 3.8) is 0 Å². The Hall–Kier alpha value is -3.35. The number of anilines is 1. The van der Waals surface area contributed by atoms with Crippen LogP contribution >= 0.6 is 0 Å². The van der Waals surface area contributed by atoms with Gasteiger partial charge in [0, 0.05) is 36.0 Å². The fourth-order valence-electron chi connectivity index (χ4n) is 4.43. The molecule has 4 rings (SSSR count). The van der Waals surface area contributed by atoms with Crippen LogP contribution in [0.2, 0.25) is 0 Å². The van der Waals surface area contributed by atoms with Crippen molar-refractivity contribution >= 4 is 11.7 Å². The van der Waals surface area contributed by atoms with Crippen LogP contribution in [0, 0.1) is 6.92 Å². The van der Waals surface area contributed by atoms with Crippen LogP contribution in [0.3, 0.4) is 0 Å². The van der Waals surface area contributed by atoms with Gasteiger partial charge < -0.3 is 10.6 Å². The number of primary amides is 1. The number of aromatic nitrogens is 1. The molecule has 33 heavy (non-hydrogen) atoms. The molecule has 7 heteroatoms. The monoisotopic (exact) mass is 453 g/mol. The minimum atomic E-state index is -4.42. The van der Waals surface area contributed by atoms with Gasteiger partial charge in [0.15, 0.2) is 0 Å². The molecule has 1 aromatic heterocycles. The lowest BCUT2D eigenvalue weighted by atomic mass is 9.87. The van der Waals surface area contributed by atoms with Gasteiger partial charge in [-0.15, -0.1) is 0 Å². The van der Waals surface area contributed by atoms with E-state index in [2.05, 4.69) is 9.88 Å². The van der Waals surface area contributed by atoms with E-state index in [-0.39, 0.29) is 0 Å². The molecule has 0 bridgehead atoms. The maximum Gasteiger partial charge on any atom is 0.416 e. The number of carbonyl (C=O) groups excluding carboxylic acids is 1. The molecule has 0 atom stereocenters. The van der Waals surface area contributed by atoms with Gasteiger partial charge >= 0.3 is 6.18 Å². The summed E-state index contributed by atoms with van der Waals surface area (Å²) in [5.74, 6) is 0.278. The first-order chi connectivity index (χ1) is 15.8. The third-order valence-electron chi connectivity index (χ3n) is 6.15. The summed E-state index contributed by atoms with van der Waals surface area (Å²) in [6, 6.07) is 12.2. The van der Waals surface area contributed by atoms with Gasteiger partial charge in [0.05, 0.1) is 5.56 Å². The number of benzene rings is 2. The van der Waals surface area contributed by atoms with Gasteiger partial charge in [0.1, 0.15) is 5.82 Å². The molecule has 3 aromatic rings. The number of pyridine rings is 1. The highest BCUT2D eigenvalue weighted by Crippen LogP contribution is 2.39. The number of nitrogens with zero attached hydrogens (tertiary/aromatic N) is 2. The van der Waals surface area contributed by atoms with Gasteiger partial charge in [-0.1, -0.05) is 31.0 Å². The molecule has 0 spiro atoms. The van der Waals surface area contributed by atoms with E-state index >= 15 is 0 Å². The third-order valence-corrected chi connectivity index (χ3v) is 6.15. The van der Waals surface area contributed by atoms with Crippen LogP contribution in [0.25, 0.3) is 22.3 Å². The first-order valence-electron chi connectivity index (χ1n) is 11.1. The highest BCUT2D eigenvalue weighted by molar-refractivity contribution is 6.04. The van der Waals surface area contributed by atoms with Crippen LogP contribution in [0.5, 0.6) is 0 Å². The summed E-state index contributed by atoms with van der Waals surface area (Å²) in [7, 11) is 0. The molecule has 2 N–H and O–H groups in total. The van der Waals surface area contributed by atoms with E-state index in [1.165, 1.54) is 25.0 Å². The predicted octanol–water partition coefficient (Wildman–Crippen LogP) is 6.22. The molecule has 2 heterocycles. The summed E-state index contributed by atoms with van der Waals surface area (Å²) in [5, 5.41) is 0. The summed E-state index contributed by atoms with van der Waals surface area (Å²) in [5.41, 5.74) is 8.61. The smallest absolute Gasteiger partial charge is 0.366 e. The Morgan fingerprint density at radius 1 is 0.879 bits per heavy atom. The van der Waals surface area contributed by atoms with Crippen molar-refractivity contribution in [1.29, 1.82) is 0 Å². The van der Waals surface area contributed by atoms with E-state index in [0.29, 0.717) is 27.8 Å². The van der Waals surface area contributed by atoms with Crippen LogP contribution in [-0.4, -0.2) is 24.0 Å². The number of alkyl halides is 3. The van der Waals surface area contributed by atoms with Gasteiger partial charge in [0.25, 0.3) is 0 Å². The molecule has 172 valence electrons. The van der Waals surface area contributed by atoms with Crippen molar-refractivity contribution in [3.8, 4) is 22.3 Å². The number of nitrogens with two attached hydrogens (primary N) is 1. The molecule has 0 aliphatic carbocycles. The van der Waals surface area contributed by atoms with Crippen LogP contribution in [0.4, 0.5) is 19.0 Å². The standard InChI is InChI=1S/C26H26F3N3O/c1-17-6-12-21(25(30)33)24(23(17)18-7-10-20(11-8-18)26(27,28)29)19-9-13-22(31-16-19)32-14-4-2-3-5-15-32/h6-13,16H,2-5,14-15H2,1H3,(H2,30,33). The largest absolute Gasteiger partial charge is 0.416 e. The Labute approximate surface area is 191 Å². The molecule has 0 unspecified atom stereocenters. The van der Waals surface area contributed by atoms with E-state index in [4.69, 9.17) is 5.73 Å². The van der Waals surface area contributed by atoms with Gasteiger partial charge in [-0.2, -0.15) is 13.2 Å². The average Bonchev–Trinajstić information content (AvgIpc) is 3.08. The van der Waals surface area contributed by atoms with E-state index < -0.39 is 17.6 Å². The van der Waals surface area contributed by atoms with Crippen molar-refractivity contribution < 1.29 is 18.0 Å². The van der Waals surface area contributed by atoms with Gasteiger partial charge in [-0.25, -0.2) is 4.98 Å². The third kappa shape index (κ3) is 4.87. The Bertz CT molecular complexity index is 1130. The summed E-state index contributed by atoms with van der Waals surface area (Å²) in [4.78, 5) is 19.2. The van der Waals surface area contributed by atoms with Crippen molar-refractivity contribution in [2.24, 2.45) is 5.73 Å². The van der Waals surface area contributed by atoms with E-state index in [1.54, 1.807) is 18.3 Å². The SMILES string of the molecule is Cc1ccc(C(N)=O)c(-c2ccc(N3CCCCCC3)nc2)c1-c1ccc(C(F)(F)F)cc1. The minimum absolute atomic E-state index is 0.305. The molecule has 4 nitrogen and oxygen atoms in total. The zero-order chi connectivity index (χ0) is 23.6. The molecular weight excluding hydrogens is 427 g/mol. The van der Waals surface area contributed by atoms with Crippen LogP contribution in [0.15, 0.2) is 54.7 Å². The van der Waals surface area contributed by atoms with Crippen molar-refractivity contribution in [3.05, 3.63) is 71.4 Å². The second-order valence-electron chi connectivity index (χ2n) is 8.43. The lowest BCUT2D eigenvalue weighted by Gasteiger charge is -2.22. The Morgan fingerprint density at radius 2 is 1.52 bits per heavy atom. The highest BCUT2D eigenvalue weighted by atomic mass is 19.4. The number of carbonyl (C=O) groups is 1. The van der Waals surface area contributed by atoms with Gasteiger partial charge in [0.2, 0.25) is 5.91 Å². The Morgan fingerprint density at radius 3 is 2.06 bits per heavy atom. The maximum absolute atomic E-state index is 13.1. The highest BCUT2D eigenvalue weighted by Gasteiger charge is 2.30. The molecule has 2 aromatic carbocycles. The van der Waals surface area contributed by atoms with E-state index in [0.717, 1.165) is 49.4 Å². The van der Waals surface area contributed by atoms with Crippen molar-refractivity contribution in [2.75, 3.05) is 18.0 Å². The quantitative estimate of drug-likeness (QED) is 0.510. The zero-order valence-electron chi connectivity index (χ0n) is 18.5. The second kappa shape index (κ2) is 9.25. The molecule has 1 aliphatic rings. The number of halogens is 3. The lowest BCUT2D eigenvalue weighted by molar-refractivity contribution is -0.137. The average molecular weight is 454 g/mol. The topological polar surface area (TPSA) is 59.2 Å². The summed E-state index contributed by atoms with van der Waals surface area (Å²) in [6.07, 6.45) is 2.00. The molecular formula is C26H26F3N3O. The van der Waals surface area contributed by atoms with Crippen molar-refractivity contribution in [2.45, 2.75) is 38.8 Å².